The van der Waals surface area contributed by atoms with E-state index in [0.29, 0.717) is 37.9 Å². The number of imidazole rings is 1. The molecule has 0 radical (unpaired) electrons. The molecule has 41 heavy (non-hydrogen) atoms. The van der Waals surface area contributed by atoms with E-state index in [-0.39, 0.29) is 55.7 Å². The number of fused-ring (bicyclic) bond motifs is 1. The van der Waals surface area contributed by atoms with Gasteiger partial charge in [-0.05, 0) is 48.7 Å². The number of methoxy groups -OCH3 is 1. The molecule has 2 aromatic carbocycles. The van der Waals surface area contributed by atoms with Crippen molar-refractivity contribution in [3.63, 3.8) is 0 Å². The number of carbonyl (C=O) groups excluding carboxylic acids is 2. The minimum Gasteiger partial charge on any atom is -0.465 e. The van der Waals surface area contributed by atoms with E-state index in [1.807, 2.05) is 42.5 Å². The maximum absolute atomic E-state index is 13.6. The van der Waals surface area contributed by atoms with Crippen molar-refractivity contribution in [3.8, 4) is 0 Å². The first-order chi connectivity index (χ1) is 20.0. The lowest BCUT2D eigenvalue weighted by molar-refractivity contribution is -0.157. The number of para-hydroxylation sites is 2. The summed E-state index contributed by atoms with van der Waals surface area (Å²) in [5.41, 5.74) is 2.88. The highest BCUT2D eigenvalue weighted by atomic mass is 16.7. The highest BCUT2D eigenvalue weighted by Gasteiger charge is 2.33. The Morgan fingerprint density at radius 3 is 2.54 bits per heavy atom. The summed E-state index contributed by atoms with van der Waals surface area (Å²) >= 11 is 0. The van der Waals surface area contributed by atoms with Crippen molar-refractivity contribution in [2.45, 2.75) is 37.5 Å². The van der Waals surface area contributed by atoms with Crippen LogP contribution in [0.3, 0.4) is 0 Å². The van der Waals surface area contributed by atoms with Crippen molar-refractivity contribution in [3.05, 3.63) is 82.0 Å². The smallest absolute Gasteiger partial charge is 0.337 e. The number of allylic oxidation sites excluding steroid dienone is 1. The van der Waals surface area contributed by atoms with Crippen LogP contribution in [0.15, 0.2) is 65.2 Å². The van der Waals surface area contributed by atoms with Gasteiger partial charge in [0.25, 0.3) is 5.91 Å². The molecular weight excluding hydrogens is 530 g/mol. The molecule has 5 rings (SSSR count). The lowest BCUT2D eigenvalue weighted by Crippen LogP contribution is -2.42. The number of benzene rings is 2. The average molecular weight is 566 g/mol. The van der Waals surface area contributed by atoms with Crippen molar-refractivity contribution in [2.24, 2.45) is 0 Å². The summed E-state index contributed by atoms with van der Waals surface area (Å²) in [6.07, 6.45) is 2.89. The molecule has 0 unspecified atom stereocenters. The number of ether oxygens (including phenoxy) is 4. The van der Waals surface area contributed by atoms with E-state index in [1.165, 1.54) is 7.11 Å². The number of aliphatic hydroxyl groups excluding tert-OH is 1. The zero-order valence-corrected chi connectivity index (χ0v) is 23.0. The van der Waals surface area contributed by atoms with Gasteiger partial charge in [0.2, 0.25) is 6.29 Å². The van der Waals surface area contributed by atoms with E-state index in [4.69, 9.17) is 24.1 Å². The second kappa shape index (κ2) is 13.2. The standard InChI is InChI=1S/C30H35N3O8/c1-38-29(36)21-8-6-20(7-9-21)22-18-26(41-27(19-22)40-17-16-39-15-14-34)28(35)32-12-10-23(11-13-32)33-25-5-3-2-4-24(25)31-30(33)37/h2-9,18,22-23,27,34H,10-17,19H2,1H3,(H,31,37)/t22-,27+/m1/s1. The van der Waals surface area contributed by atoms with Crippen LogP contribution in [0, 0.1) is 0 Å². The molecule has 2 N–H and O–H groups in total. The number of piperidine rings is 1. The summed E-state index contributed by atoms with van der Waals surface area (Å²) in [6.45, 7) is 1.63. The number of aromatic nitrogens is 2. The zero-order chi connectivity index (χ0) is 28.8. The molecule has 0 spiro atoms. The Morgan fingerprint density at radius 2 is 1.80 bits per heavy atom. The first-order valence-corrected chi connectivity index (χ1v) is 13.8. The topological polar surface area (TPSA) is 132 Å². The molecule has 11 nitrogen and oxygen atoms in total. The quantitative estimate of drug-likeness (QED) is 0.283. The molecule has 0 saturated carbocycles. The summed E-state index contributed by atoms with van der Waals surface area (Å²) in [5, 5.41) is 8.91. The molecule has 0 aliphatic carbocycles. The number of H-pyrrole nitrogens is 1. The number of rotatable bonds is 10. The van der Waals surface area contributed by atoms with Crippen molar-refractivity contribution >= 4 is 22.9 Å². The summed E-state index contributed by atoms with van der Waals surface area (Å²) < 4.78 is 23.8. The maximum atomic E-state index is 13.6. The van der Waals surface area contributed by atoms with Crippen LogP contribution in [0.4, 0.5) is 0 Å². The highest BCUT2D eigenvalue weighted by molar-refractivity contribution is 5.92. The predicted octanol–water partition coefficient (Wildman–Crippen LogP) is 2.72. The van der Waals surface area contributed by atoms with Gasteiger partial charge in [0.05, 0.1) is 50.1 Å². The Labute approximate surface area is 237 Å². The first kappa shape index (κ1) is 28.6. The second-order valence-electron chi connectivity index (χ2n) is 10.1. The Hall–Kier alpha value is -3.93. The van der Waals surface area contributed by atoms with Gasteiger partial charge in [-0.15, -0.1) is 0 Å². The molecule has 1 amide bonds. The van der Waals surface area contributed by atoms with Crippen molar-refractivity contribution in [2.75, 3.05) is 46.6 Å². The number of aliphatic hydroxyl groups is 1. The Morgan fingerprint density at radius 1 is 1.05 bits per heavy atom. The molecule has 0 bridgehead atoms. The van der Waals surface area contributed by atoms with E-state index >= 15 is 0 Å². The number of hydrogen-bond donors (Lipinski definition) is 2. The molecular formula is C30H35N3O8. The summed E-state index contributed by atoms with van der Waals surface area (Å²) in [4.78, 5) is 42.8. The van der Waals surface area contributed by atoms with Gasteiger partial charge < -0.3 is 33.9 Å². The minimum atomic E-state index is -0.677. The lowest BCUT2D eigenvalue weighted by atomic mass is 9.92. The van der Waals surface area contributed by atoms with Crippen LogP contribution in [0.2, 0.25) is 0 Å². The van der Waals surface area contributed by atoms with E-state index in [0.717, 1.165) is 16.6 Å². The summed E-state index contributed by atoms with van der Waals surface area (Å²) in [6, 6.07) is 14.7. The Kier molecular flexibility index (Phi) is 9.17. The summed E-state index contributed by atoms with van der Waals surface area (Å²) in [5.74, 6) is -0.615. The van der Waals surface area contributed by atoms with Gasteiger partial charge in [-0.1, -0.05) is 24.3 Å². The third-order valence-corrected chi connectivity index (χ3v) is 7.54. The number of aromatic amines is 1. The number of esters is 1. The molecule has 11 heteroatoms. The number of likely N-dealkylation sites (tertiary alicyclic amines) is 1. The van der Waals surface area contributed by atoms with Gasteiger partial charge in [-0.25, -0.2) is 9.59 Å². The molecule has 3 heterocycles. The van der Waals surface area contributed by atoms with Crippen molar-refractivity contribution in [1.29, 1.82) is 0 Å². The SMILES string of the molecule is COC(=O)c1ccc([C@@H]2C=C(C(=O)N3CCC(n4c(=O)[nH]c5ccccc54)CC3)O[C@H](OCCOCCO)C2)cc1. The fraction of sp³-hybridized carbons (Fsp3) is 0.433. The van der Waals surface area contributed by atoms with Gasteiger partial charge in [0.15, 0.2) is 5.76 Å². The van der Waals surface area contributed by atoms with Gasteiger partial charge >= 0.3 is 11.7 Å². The van der Waals surface area contributed by atoms with Crippen LogP contribution in [-0.4, -0.2) is 84.4 Å². The Balaban J connectivity index is 1.29. The van der Waals surface area contributed by atoms with Crippen LogP contribution in [0.1, 0.15) is 47.1 Å². The Bertz CT molecular complexity index is 1440. The average Bonchev–Trinajstić information content (AvgIpc) is 3.35. The molecule has 2 aliphatic rings. The first-order valence-electron chi connectivity index (χ1n) is 13.8. The van der Waals surface area contributed by atoms with E-state index in [2.05, 4.69) is 4.98 Å². The number of hydrogen-bond acceptors (Lipinski definition) is 8. The molecule has 1 fully saturated rings. The zero-order valence-electron chi connectivity index (χ0n) is 23.0. The molecule has 3 aromatic rings. The number of nitrogens with zero attached hydrogens (tertiary/aromatic N) is 2. The van der Waals surface area contributed by atoms with Crippen molar-refractivity contribution < 1.29 is 33.6 Å². The normalized spacial score (nSPS) is 19.6. The number of nitrogens with one attached hydrogen (secondary N) is 1. The minimum absolute atomic E-state index is 0.0139. The van der Waals surface area contributed by atoms with Crippen LogP contribution < -0.4 is 5.69 Å². The third-order valence-electron chi connectivity index (χ3n) is 7.54. The number of amides is 1. The lowest BCUT2D eigenvalue weighted by Gasteiger charge is -2.35. The highest BCUT2D eigenvalue weighted by Crippen LogP contribution is 2.33. The largest absolute Gasteiger partial charge is 0.465 e. The van der Waals surface area contributed by atoms with Crippen LogP contribution in [0.5, 0.6) is 0 Å². The van der Waals surface area contributed by atoms with Gasteiger partial charge in [-0.3, -0.25) is 9.36 Å². The van der Waals surface area contributed by atoms with Crippen LogP contribution in [0.25, 0.3) is 11.0 Å². The van der Waals surface area contributed by atoms with E-state index in [9.17, 15) is 14.4 Å². The molecule has 2 aliphatic heterocycles. The van der Waals surface area contributed by atoms with Gasteiger partial charge in [-0.2, -0.15) is 0 Å². The number of carbonyl (C=O) groups is 2. The maximum Gasteiger partial charge on any atom is 0.337 e. The van der Waals surface area contributed by atoms with Gasteiger partial charge in [0.1, 0.15) is 0 Å². The second-order valence-corrected chi connectivity index (χ2v) is 10.1. The molecule has 1 aromatic heterocycles. The predicted molar refractivity (Wildman–Crippen MR) is 149 cm³/mol. The van der Waals surface area contributed by atoms with E-state index in [1.54, 1.807) is 21.6 Å². The van der Waals surface area contributed by atoms with Crippen molar-refractivity contribution in [1.82, 2.24) is 14.5 Å². The molecule has 218 valence electrons. The fourth-order valence-electron chi connectivity index (χ4n) is 5.45. The molecule has 2 atom stereocenters. The summed E-state index contributed by atoms with van der Waals surface area (Å²) in [7, 11) is 1.34. The van der Waals surface area contributed by atoms with Gasteiger partial charge in [0, 0.05) is 31.5 Å². The van der Waals surface area contributed by atoms with Crippen LogP contribution in [-0.2, 0) is 23.7 Å². The monoisotopic (exact) mass is 565 g/mol. The fourth-order valence-corrected chi connectivity index (χ4v) is 5.45. The molecule has 1 saturated heterocycles. The van der Waals surface area contributed by atoms with Crippen LogP contribution >= 0.6 is 0 Å². The van der Waals surface area contributed by atoms with E-state index < -0.39 is 12.3 Å². The third kappa shape index (κ3) is 6.53.